The molecule has 1 aliphatic rings. The zero-order chi connectivity index (χ0) is 14.4. The van der Waals surface area contributed by atoms with Crippen molar-refractivity contribution in [3.8, 4) is 0 Å². The van der Waals surface area contributed by atoms with Gasteiger partial charge in [0.05, 0.1) is 12.2 Å². The molecular weight excluding hydrogens is 252 g/mol. The van der Waals surface area contributed by atoms with Crippen LogP contribution in [0.1, 0.15) is 18.1 Å². The predicted octanol–water partition coefficient (Wildman–Crippen LogP) is 1.64. The lowest BCUT2D eigenvalue weighted by Gasteiger charge is -2.15. The summed E-state index contributed by atoms with van der Waals surface area (Å²) in [5.74, 6) is 0. The van der Waals surface area contributed by atoms with E-state index in [1.807, 2.05) is 0 Å². The van der Waals surface area contributed by atoms with Gasteiger partial charge in [-0.25, -0.2) is 0 Å². The van der Waals surface area contributed by atoms with Crippen LogP contribution in [-0.4, -0.2) is 51.0 Å². The van der Waals surface area contributed by atoms with E-state index in [0.717, 1.165) is 32.7 Å². The van der Waals surface area contributed by atoms with Crippen molar-refractivity contribution < 1.29 is 9.47 Å². The Labute approximate surface area is 122 Å². The number of likely N-dealkylation sites (tertiary alicyclic amines) is 1. The average molecular weight is 278 g/mol. The normalized spacial score (nSPS) is 23.4. The number of rotatable bonds is 7. The molecule has 1 fully saturated rings. The second-order valence-corrected chi connectivity index (χ2v) is 5.34. The van der Waals surface area contributed by atoms with Gasteiger partial charge in [0.15, 0.2) is 0 Å². The molecule has 112 valence electrons. The average Bonchev–Trinajstić information content (AvgIpc) is 2.88. The van der Waals surface area contributed by atoms with E-state index < -0.39 is 0 Å². The maximum Gasteiger partial charge on any atom is 0.0971 e. The summed E-state index contributed by atoms with van der Waals surface area (Å²) in [6.45, 7) is 6.91. The Bertz CT molecular complexity index is 382. The molecule has 2 rings (SSSR count). The molecule has 0 spiro atoms. The van der Waals surface area contributed by atoms with Crippen LogP contribution >= 0.6 is 0 Å². The first-order valence-corrected chi connectivity index (χ1v) is 7.33. The molecule has 4 nitrogen and oxygen atoms in total. The molecule has 1 N–H and O–H groups in total. The second kappa shape index (κ2) is 7.74. The third-order valence-corrected chi connectivity index (χ3v) is 3.90. The van der Waals surface area contributed by atoms with Gasteiger partial charge in [0.25, 0.3) is 0 Å². The third kappa shape index (κ3) is 4.03. The molecule has 1 aliphatic heterocycles. The highest BCUT2D eigenvalue weighted by molar-refractivity contribution is 5.22. The van der Waals surface area contributed by atoms with E-state index in [4.69, 9.17) is 9.47 Å². The lowest BCUT2D eigenvalue weighted by atomic mass is 10.1. The van der Waals surface area contributed by atoms with Crippen LogP contribution in [0.2, 0.25) is 0 Å². The van der Waals surface area contributed by atoms with Gasteiger partial charge < -0.3 is 14.8 Å². The Morgan fingerprint density at radius 1 is 1.05 bits per heavy atom. The second-order valence-electron chi connectivity index (χ2n) is 5.34. The van der Waals surface area contributed by atoms with Crippen LogP contribution in [0, 0.1) is 0 Å². The van der Waals surface area contributed by atoms with Crippen LogP contribution < -0.4 is 5.32 Å². The lowest BCUT2D eigenvalue weighted by molar-refractivity contribution is -0.00461. The Kier molecular flexibility index (Phi) is 5.98. The minimum atomic E-state index is 0.188. The van der Waals surface area contributed by atoms with Crippen LogP contribution in [-0.2, 0) is 22.6 Å². The molecule has 1 heterocycles. The van der Waals surface area contributed by atoms with Gasteiger partial charge in [0.1, 0.15) is 0 Å². The van der Waals surface area contributed by atoms with E-state index in [9.17, 15) is 0 Å². The number of benzene rings is 1. The zero-order valence-corrected chi connectivity index (χ0v) is 12.8. The minimum Gasteiger partial charge on any atom is -0.377 e. The van der Waals surface area contributed by atoms with E-state index in [0.29, 0.717) is 0 Å². The number of hydrogen-bond donors (Lipinski definition) is 1. The first-order valence-electron chi connectivity index (χ1n) is 7.33. The Morgan fingerprint density at radius 2 is 1.60 bits per heavy atom. The maximum absolute atomic E-state index is 5.47. The smallest absolute Gasteiger partial charge is 0.0971 e. The topological polar surface area (TPSA) is 33.7 Å². The highest BCUT2D eigenvalue weighted by Gasteiger charge is 2.32. The number of ether oxygens (including phenoxy) is 2. The molecule has 4 heteroatoms. The van der Waals surface area contributed by atoms with Gasteiger partial charge in [-0.3, -0.25) is 4.90 Å². The number of nitrogens with one attached hydrogen (secondary N) is 1. The molecular formula is C16H26N2O2. The molecule has 0 saturated carbocycles. The summed E-state index contributed by atoms with van der Waals surface area (Å²) in [5, 5.41) is 3.34. The molecule has 0 aromatic heterocycles. The van der Waals surface area contributed by atoms with Crippen molar-refractivity contribution >= 4 is 0 Å². The third-order valence-electron chi connectivity index (χ3n) is 3.90. The van der Waals surface area contributed by atoms with Gasteiger partial charge in [0, 0.05) is 40.4 Å². The van der Waals surface area contributed by atoms with Crippen molar-refractivity contribution in [2.24, 2.45) is 0 Å². The van der Waals surface area contributed by atoms with Crippen LogP contribution in [0.5, 0.6) is 0 Å². The maximum atomic E-state index is 5.47. The van der Waals surface area contributed by atoms with E-state index >= 15 is 0 Å². The molecule has 1 saturated heterocycles. The Hall–Kier alpha value is -0.940. The molecule has 1 aromatic carbocycles. The monoisotopic (exact) mass is 278 g/mol. The molecule has 0 radical (unpaired) electrons. The van der Waals surface area contributed by atoms with Crippen molar-refractivity contribution in [3.05, 3.63) is 35.4 Å². The highest BCUT2D eigenvalue weighted by Crippen LogP contribution is 2.18. The van der Waals surface area contributed by atoms with Gasteiger partial charge in [-0.05, 0) is 17.7 Å². The summed E-state index contributed by atoms with van der Waals surface area (Å²) in [7, 11) is 3.52. The molecule has 20 heavy (non-hydrogen) atoms. The van der Waals surface area contributed by atoms with Crippen molar-refractivity contribution in [1.82, 2.24) is 10.2 Å². The van der Waals surface area contributed by atoms with Crippen molar-refractivity contribution in [3.63, 3.8) is 0 Å². The predicted molar refractivity (Wildman–Crippen MR) is 80.7 cm³/mol. The molecule has 2 atom stereocenters. The van der Waals surface area contributed by atoms with Crippen molar-refractivity contribution in [2.75, 3.05) is 33.9 Å². The fourth-order valence-electron chi connectivity index (χ4n) is 2.69. The van der Waals surface area contributed by atoms with Crippen molar-refractivity contribution in [1.29, 1.82) is 0 Å². The van der Waals surface area contributed by atoms with E-state index in [1.54, 1.807) is 14.2 Å². The fraction of sp³-hybridized carbons (Fsp3) is 0.625. The SMILES string of the molecule is CCNCc1ccc(CN2CC(OC)C(OC)C2)cc1. The molecule has 0 amide bonds. The van der Waals surface area contributed by atoms with E-state index in [-0.39, 0.29) is 12.2 Å². The van der Waals surface area contributed by atoms with Crippen LogP contribution in [0.25, 0.3) is 0 Å². The summed E-state index contributed by atoms with van der Waals surface area (Å²) in [5.41, 5.74) is 2.68. The van der Waals surface area contributed by atoms with E-state index in [2.05, 4.69) is 41.4 Å². The highest BCUT2D eigenvalue weighted by atomic mass is 16.5. The van der Waals surface area contributed by atoms with Crippen LogP contribution in [0.3, 0.4) is 0 Å². The summed E-state index contributed by atoms with van der Waals surface area (Å²) in [6, 6.07) is 8.84. The van der Waals surface area contributed by atoms with Gasteiger partial charge in [-0.1, -0.05) is 31.2 Å². The quantitative estimate of drug-likeness (QED) is 0.822. The number of hydrogen-bond acceptors (Lipinski definition) is 4. The fourth-order valence-corrected chi connectivity index (χ4v) is 2.69. The standard InChI is InChI=1S/C16H26N2O2/c1-4-17-9-13-5-7-14(8-6-13)10-18-11-15(19-2)16(12-18)20-3/h5-8,15-17H,4,9-12H2,1-3H3. The lowest BCUT2D eigenvalue weighted by Crippen LogP contribution is -2.27. The number of nitrogens with zero attached hydrogens (tertiary/aromatic N) is 1. The molecule has 0 bridgehead atoms. The molecule has 2 unspecified atom stereocenters. The van der Waals surface area contributed by atoms with Gasteiger partial charge in [0.2, 0.25) is 0 Å². The van der Waals surface area contributed by atoms with Crippen LogP contribution in [0.15, 0.2) is 24.3 Å². The Balaban J connectivity index is 1.87. The van der Waals surface area contributed by atoms with Crippen LogP contribution in [0.4, 0.5) is 0 Å². The number of methoxy groups -OCH3 is 2. The summed E-state index contributed by atoms with van der Waals surface area (Å²) in [4.78, 5) is 2.39. The first-order chi connectivity index (χ1) is 9.76. The molecule has 0 aliphatic carbocycles. The Morgan fingerprint density at radius 3 is 2.10 bits per heavy atom. The molecule has 1 aromatic rings. The van der Waals surface area contributed by atoms with E-state index in [1.165, 1.54) is 11.1 Å². The summed E-state index contributed by atoms with van der Waals surface area (Å²) < 4.78 is 10.9. The van der Waals surface area contributed by atoms with Gasteiger partial charge in [-0.2, -0.15) is 0 Å². The summed E-state index contributed by atoms with van der Waals surface area (Å²) in [6.07, 6.45) is 0.376. The minimum absolute atomic E-state index is 0.188. The van der Waals surface area contributed by atoms with Gasteiger partial charge in [-0.15, -0.1) is 0 Å². The van der Waals surface area contributed by atoms with Gasteiger partial charge >= 0.3 is 0 Å². The van der Waals surface area contributed by atoms with Crippen molar-refractivity contribution in [2.45, 2.75) is 32.2 Å². The summed E-state index contributed by atoms with van der Waals surface area (Å²) >= 11 is 0. The largest absolute Gasteiger partial charge is 0.377 e. The zero-order valence-electron chi connectivity index (χ0n) is 12.8. The first kappa shape index (κ1) is 15.4.